The minimum absolute atomic E-state index is 0.117. The van der Waals surface area contributed by atoms with Crippen LogP contribution in [0.4, 0.5) is 11.5 Å². The summed E-state index contributed by atoms with van der Waals surface area (Å²) in [5.41, 5.74) is 7.98. The first-order valence-corrected chi connectivity index (χ1v) is 6.24. The number of benzene rings is 1. The van der Waals surface area contributed by atoms with Crippen molar-refractivity contribution in [3.05, 3.63) is 29.8 Å². The van der Waals surface area contributed by atoms with Crippen molar-refractivity contribution in [2.75, 3.05) is 17.6 Å². The van der Waals surface area contributed by atoms with Gasteiger partial charge in [-0.2, -0.15) is 5.26 Å². The number of nitrogens with two attached hydrogens (primary N) is 1. The molecule has 0 saturated heterocycles. The fraction of sp³-hybridized carbons (Fsp3) is 0.333. The van der Waals surface area contributed by atoms with Gasteiger partial charge in [0.1, 0.15) is 17.5 Å². The van der Waals surface area contributed by atoms with Crippen LogP contribution in [0.25, 0.3) is 10.9 Å². The monoisotopic (exact) mass is 254 g/mol. The van der Waals surface area contributed by atoms with Gasteiger partial charge >= 0.3 is 0 Å². The first kappa shape index (κ1) is 13.2. The van der Waals surface area contributed by atoms with Crippen molar-refractivity contribution >= 4 is 22.4 Å². The van der Waals surface area contributed by atoms with Crippen LogP contribution in [0.3, 0.4) is 0 Å². The molecule has 0 fully saturated rings. The molecule has 4 nitrogen and oxygen atoms in total. The minimum atomic E-state index is 0.117. The van der Waals surface area contributed by atoms with Gasteiger partial charge in [0.15, 0.2) is 0 Å². The van der Waals surface area contributed by atoms with Crippen molar-refractivity contribution in [3.63, 3.8) is 0 Å². The third kappa shape index (κ3) is 2.76. The zero-order valence-electron chi connectivity index (χ0n) is 11.5. The van der Waals surface area contributed by atoms with Gasteiger partial charge in [-0.05, 0) is 11.5 Å². The van der Waals surface area contributed by atoms with E-state index in [0.717, 1.165) is 23.1 Å². The zero-order chi connectivity index (χ0) is 14.0. The quantitative estimate of drug-likeness (QED) is 0.863. The van der Waals surface area contributed by atoms with Crippen molar-refractivity contribution in [3.8, 4) is 6.07 Å². The molecule has 0 radical (unpaired) electrons. The second-order valence-corrected chi connectivity index (χ2v) is 5.79. The number of anilines is 2. The fourth-order valence-corrected chi connectivity index (χ4v) is 1.88. The Kier molecular flexibility index (Phi) is 3.30. The molecule has 1 aromatic carbocycles. The largest absolute Gasteiger partial charge is 0.383 e. The molecule has 2 aromatic rings. The number of fused-ring (bicyclic) bond motifs is 1. The smallest absolute Gasteiger partial charge is 0.144 e. The Morgan fingerprint density at radius 1 is 1.32 bits per heavy atom. The maximum atomic E-state index is 9.28. The Balaban J connectivity index is 2.58. The predicted molar refractivity (Wildman–Crippen MR) is 78.8 cm³/mol. The standard InChI is InChI=1S/C15H18N4/c1-15(2,3)9-18-13-10-6-4-5-7-12(10)19-14(17)11(13)8-16/h4-7H,9H2,1-3H3,(H3,17,18,19). The highest BCUT2D eigenvalue weighted by Crippen LogP contribution is 2.30. The van der Waals surface area contributed by atoms with Gasteiger partial charge in [0, 0.05) is 11.9 Å². The van der Waals surface area contributed by atoms with Crippen LogP contribution in [-0.2, 0) is 0 Å². The van der Waals surface area contributed by atoms with Crippen molar-refractivity contribution in [1.29, 1.82) is 5.26 Å². The molecule has 0 aliphatic rings. The molecule has 98 valence electrons. The van der Waals surface area contributed by atoms with E-state index in [9.17, 15) is 5.26 Å². The second kappa shape index (κ2) is 4.77. The third-order valence-electron chi connectivity index (χ3n) is 2.83. The topological polar surface area (TPSA) is 74.7 Å². The maximum absolute atomic E-state index is 9.28. The van der Waals surface area contributed by atoms with E-state index in [-0.39, 0.29) is 11.2 Å². The van der Waals surface area contributed by atoms with Gasteiger partial charge in [-0.3, -0.25) is 0 Å². The molecule has 19 heavy (non-hydrogen) atoms. The van der Waals surface area contributed by atoms with Crippen molar-refractivity contribution in [1.82, 2.24) is 4.98 Å². The SMILES string of the molecule is CC(C)(C)CNc1c(C#N)c(N)nc2ccccc12. The Labute approximate surface area is 113 Å². The molecule has 0 atom stereocenters. The van der Waals surface area contributed by atoms with Crippen molar-refractivity contribution in [2.24, 2.45) is 5.41 Å². The number of nitrogen functional groups attached to an aromatic ring is 1. The Morgan fingerprint density at radius 2 is 2.00 bits per heavy atom. The summed E-state index contributed by atoms with van der Waals surface area (Å²) in [4.78, 5) is 4.27. The summed E-state index contributed by atoms with van der Waals surface area (Å²) >= 11 is 0. The summed E-state index contributed by atoms with van der Waals surface area (Å²) in [5, 5.41) is 13.6. The van der Waals surface area contributed by atoms with Crippen LogP contribution in [0.5, 0.6) is 0 Å². The molecule has 0 aliphatic carbocycles. The van der Waals surface area contributed by atoms with E-state index in [1.165, 1.54) is 0 Å². The molecule has 2 rings (SSSR count). The molecule has 3 N–H and O–H groups in total. The number of aromatic nitrogens is 1. The molecular formula is C15H18N4. The van der Waals surface area contributed by atoms with Gasteiger partial charge < -0.3 is 11.1 Å². The van der Waals surface area contributed by atoms with Gasteiger partial charge in [-0.1, -0.05) is 39.0 Å². The summed E-state index contributed by atoms with van der Waals surface area (Å²) in [6.45, 7) is 7.17. The number of rotatable bonds is 2. The van der Waals surface area contributed by atoms with Gasteiger partial charge in [0.05, 0.1) is 11.2 Å². The summed E-state index contributed by atoms with van der Waals surface area (Å²) in [6, 6.07) is 9.84. The van der Waals surface area contributed by atoms with Gasteiger partial charge in [-0.15, -0.1) is 0 Å². The van der Waals surface area contributed by atoms with E-state index in [4.69, 9.17) is 5.73 Å². The third-order valence-corrected chi connectivity index (χ3v) is 2.83. The molecule has 4 heteroatoms. The molecule has 1 aromatic heterocycles. The van der Waals surface area contributed by atoms with Crippen molar-refractivity contribution in [2.45, 2.75) is 20.8 Å². The van der Waals surface area contributed by atoms with E-state index in [1.54, 1.807) is 0 Å². The van der Waals surface area contributed by atoms with E-state index < -0.39 is 0 Å². The lowest BCUT2D eigenvalue weighted by Crippen LogP contribution is -2.20. The number of hydrogen-bond donors (Lipinski definition) is 2. The summed E-state index contributed by atoms with van der Waals surface area (Å²) < 4.78 is 0. The highest BCUT2D eigenvalue weighted by Gasteiger charge is 2.16. The number of nitriles is 1. The van der Waals surface area contributed by atoms with Crippen LogP contribution < -0.4 is 11.1 Å². The number of nitrogens with one attached hydrogen (secondary N) is 1. The first-order valence-electron chi connectivity index (χ1n) is 6.24. The maximum Gasteiger partial charge on any atom is 0.144 e. The lowest BCUT2D eigenvalue weighted by atomic mass is 9.96. The van der Waals surface area contributed by atoms with Crippen LogP contribution in [-0.4, -0.2) is 11.5 Å². The lowest BCUT2D eigenvalue weighted by Gasteiger charge is -2.21. The normalized spacial score (nSPS) is 11.3. The second-order valence-electron chi connectivity index (χ2n) is 5.79. The predicted octanol–water partition coefficient (Wildman–Crippen LogP) is 3.15. The first-order chi connectivity index (χ1) is 8.92. The average molecular weight is 254 g/mol. The Morgan fingerprint density at radius 3 is 2.63 bits per heavy atom. The van der Waals surface area contributed by atoms with Crippen LogP contribution >= 0.6 is 0 Å². The van der Waals surface area contributed by atoms with E-state index in [1.807, 2.05) is 24.3 Å². The van der Waals surface area contributed by atoms with E-state index in [0.29, 0.717) is 5.56 Å². The van der Waals surface area contributed by atoms with Gasteiger partial charge in [-0.25, -0.2) is 4.98 Å². The molecule has 0 saturated carbocycles. The molecular weight excluding hydrogens is 236 g/mol. The van der Waals surface area contributed by atoms with Gasteiger partial charge in [0.25, 0.3) is 0 Å². The minimum Gasteiger partial charge on any atom is -0.383 e. The molecule has 0 bridgehead atoms. The Hall–Kier alpha value is -2.28. The molecule has 1 heterocycles. The van der Waals surface area contributed by atoms with Crippen LogP contribution in [0.15, 0.2) is 24.3 Å². The fourth-order valence-electron chi connectivity index (χ4n) is 1.88. The molecule has 0 amide bonds. The lowest BCUT2D eigenvalue weighted by molar-refractivity contribution is 0.443. The summed E-state index contributed by atoms with van der Waals surface area (Å²) in [7, 11) is 0. The highest BCUT2D eigenvalue weighted by molar-refractivity contribution is 5.96. The number of para-hydroxylation sites is 1. The zero-order valence-corrected chi connectivity index (χ0v) is 11.5. The summed E-state index contributed by atoms with van der Waals surface area (Å²) in [6.07, 6.45) is 0. The van der Waals surface area contributed by atoms with E-state index >= 15 is 0 Å². The van der Waals surface area contributed by atoms with Crippen LogP contribution in [0.2, 0.25) is 0 Å². The van der Waals surface area contributed by atoms with Gasteiger partial charge in [0.2, 0.25) is 0 Å². The molecule has 0 aliphatic heterocycles. The highest BCUT2D eigenvalue weighted by atomic mass is 14.9. The average Bonchev–Trinajstić information content (AvgIpc) is 2.34. The number of nitrogens with zero attached hydrogens (tertiary/aromatic N) is 2. The summed E-state index contributed by atoms with van der Waals surface area (Å²) in [5.74, 6) is 0.276. The Bertz CT molecular complexity index is 647. The molecule has 0 spiro atoms. The van der Waals surface area contributed by atoms with E-state index in [2.05, 4.69) is 37.1 Å². The van der Waals surface area contributed by atoms with Crippen LogP contribution in [0.1, 0.15) is 26.3 Å². The van der Waals surface area contributed by atoms with Crippen molar-refractivity contribution < 1.29 is 0 Å². The van der Waals surface area contributed by atoms with Crippen LogP contribution in [0, 0.1) is 16.7 Å². The molecule has 0 unspecified atom stereocenters. The number of hydrogen-bond acceptors (Lipinski definition) is 4. The number of pyridine rings is 1.